The van der Waals surface area contributed by atoms with Gasteiger partial charge >= 0.3 is 0 Å². The topological polar surface area (TPSA) is 122 Å². The average molecular weight is 388 g/mol. The van der Waals surface area contributed by atoms with E-state index in [0.717, 1.165) is 11.1 Å². The van der Waals surface area contributed by atoms with Gasteiger partial charge in [-0.25, -0.2) is 8.42 Å². The second kappa shape index (κ2) is 9.53. The first-order valence-corrected chi connectivity index (χ1v) is 10.0. The Morgan fingerprint density at radius 1 is 1.22 bits per heavy atom. The van der Waals surface area contributed by atoms with Crippen LogP contribution in [-0.2, 0) is 22.5 Å². The highest BCUT2D eigenvalue weighted by Crippen LogP contribution is 2.33. The molecule has 6 N–H and O–H groups in total. The van der Waals surface area contributed by atoms with Gasteiger partial charge < -0.3 is 16.8 Å². The predicted molar refractivity (Wildman–Crippen MR) is 111 cm³/mol. The Hall–Kier alpha value is -2.38. The SMILES string of the molecule is CC([CH]N)(CC(CCc1ccccc1)[SH](=O)=O)c1cccc(NC(=N)N)c1. The molecule has 7 heteroatoms. The number of anilines is 1. The zero-order chi connectivity index (χ0) is 19.9. The fourth-order valence-electron chi connectivity index (χ4n) is 3.14. The molecular formula is C20H27N4O2S. The largest absolute Gasteiger partial charge is 0.370 e. The van der Waals surface area contributed by atoms with Crippen LogP contribution in [0.15, 0.2) is 54.6 Å². The maximum absolute atomic E-state index is 11.9. The molecule has 0 heterocycles. The van der Waals surface area contributed by atoms with Crippen molar-refractivity contribution >= 4 is 22.4 Å². The van der Waals surface area contributed by atoms with Crippen LogP contribution in [0.25, 0.3) is 0 Å². The van der Waals surface area contributed by atoms with Crippen molar-refractivity contribution in [1.29, 1.82) is 5.41 Å². The fourth-order valence-corrected chi connectivity index (χ4v) is 4.01. The minimum absolute atomic E-state index is 0.158. The summed E-state index contributed by atoms with van der Waals surface area (Å²) in [6, 6.07) is 17.2. The number of thiol groups is 1. The molecule has 27 heavy (non-hydrogen) atoms. The summed E-state index contributed by atoms with van der Waals surface area (Å²) < 4.78 is 23.8. The average Bonchev–Trinajstić information content (AvgIpc) is 2.65. The standard InChI is InChI=1S/C20H27N4O2S/c1-20(14-21,16-8-5-9-17(12-16)24-19(22)23)13-18(27(25)26)11-10-15-6-3-2-4-7-15/h2-9,12,14,18,27H,10-11,13,21H2,1H3,(H4,22,23,24). The molecule has 145 valence electrons. The van der Waals surface area contributed by atoms with Crippen LogP contribution in [0.5, 0.6) is 0 Å². The Balaban J connectivity index is 2.18. The van der Waals surface area contributed by atoms with E-state index in [9.17, 15) is 8.42 Å². The number of hydrogen-bond donors (Lipinski definition) is 5. The van der Waals surface area contributed by atoms with Gasteiger partial charge in [0.15, 0.2) is 5.96 Å². The minimum Gasteiger partial charge on any atom is -0.370 e. The van der Waals surface area contributed by atoms with Crippen LogP contribution in [0.4, 0.5) is 5.69 Å². The monoisotopic (exact) mass is 387 g/mol. The van der Waals surface area contributed by atoms with Gasteiger partial charge in [0, 0.05) is 17.6 Å². The quantitative estimate of drug-likeness (QED) is 0.257. The second-order valence-electron chi connectivity index (χ2n) is 6.87. The lowest BCUT2D eigenvalue weighted by atomic mass is 9.77. The van der Waals surface area contributed by atoms with Gasteiger partial charge in [-0.3, -0.25) is 5.41 Å². The van der Waals surface area contributed by atoms with Crippen molar-refractivity contribution in [3.63, 3.8) is 0 Å². The molecule has 0 fully saturated rings. The van der Waals surface area contributed by atoms with E-state index in [4.69, 9.17) is 16.9 Å². The molecule has 0 aliphatic rings. The van der Waals surface area contributed by atoms with Crippen molar-refractivity contribution < 1.29 is 8.42 Å². The van der Waals surface area contributed by atoms with E-state index in [0.29, 0.717) is 24.9 Å². The highest BCUT2D eigenvalue weighted by molar-refractivity contribution is 7.73. The first-order chi connectivity index (χ1) is 12.8. The summed E-state index contributed by atoms with van der Waals surface area (Å²) in [6.07, 6.45) is 1.62. The van der Waals surface area contributed by atoms with Gasteiger partial charge in [-0.05, 0) is 42.5 Å². The van der Waals surface area contributed by atoms with Crippen LogP contribution < -0.4 is 16.8 Å². The normalized spacial score (nSPS) is 14.5. The first-order valence-electron chi connectivity index (χ1n) is 8.79. The molecule has 0 saturated carbocycles. The third kappa shape index (κ3) is 6.08. The van der Waals surface area contributed by atoms with Crippen LogP contribution in [0.3, 0.4) is 0 Å². The molecule has 2 unspecified atom stereocenters. The molecule has 2 atom stereocenters. The zero-order valence-corrected chi connectivity index (χ0v) is 16.3. The molecule has 0 aliphatic heterocycles. The fraction of sp³-hybridized carbons (Fsp3) is 0.300. The van der Waals surface area contributed by atoms with Crippen molar-refractivity contribution in [1.82, 2.24) is 0 Å². The van der Waals surface area contributed by atoms with E-state index in [-0.39, 0.29) is 5.96 Å². The van der Waals surface area contributed by atoms with E-state index >= 15 is 0 Å². The lowest BCUT2D eigenvalue weighted by Crippen LogP contribution is -2.33. The molecular weight excluding hydrogens is 360 g/mol. The van der Waals surface area contributed by atoms with Crippen molar-refractivity contribution in [2.45, 2.75) is 36.9 Å². The molecule has 0 bridgehead atoms. The Labute approximate surface area is 162 Å². The molecule has 0 amide bonds. The van der Waals surface area contributed by atoms with Crippen LogP contribution in [0.1, 0.15) is 30.9 Å². The number of rotatable bonds is 9. The third-order valence-electron chi connectivity index (χ3n) is 4.74. The van der Waals surface area contributed by atoms with Crippen molar-refractivity contribution in [2.75, 3.05) is 5.32 Å². The minimum atomic E-state index is -2.59. The number of aryl methyl sites for hydroxylation is 1. The number of nitrogens with one attached hydrogen (secondary N) is 2. The lowest BCUT2D eigenvalue weighted by molar-refractivity contribution is 0.462. The van der Waals surface area contributed by atoms with Gasteiger partial charge in [-0.1, -0.05) is 49.4 Å². The first kappa shape index (κ1) is 20.9. The number of benzene rings is 2. The molecule has 2 aromatic rings. The smallest absolute Gasteiger partial charge is 0.190 e. The Morgan fingerprint density at radius 3 is 2.52 bits per heavy atom. The van der Waals surface area contributed by atoms with Crippen molar-refractivity contribution in [3.8, 4) is 0 Å². The number of nitrogens with two attached hydrogens (primary N) is 2. The molecule has 2 aromatic carbocycles. The summed E-state index contributed by atoms with van der Waals surface area (Å²) >= 11 is 0. The van der Waals surface area contributed by atoms with E-state index in [1.807, 2.05) is 55.5 Å². The van der Waals surface area contributed by atoms with E-state index in [1.54, 1.807) is 12.6 Å². The van der Waals surface area contributed by atoms with Gasteiger partial charge in [-0.15, -0.1) is 0 Å². The Morgan fingerprint density at radius 2 is 1.93 bits per heavy atom. The maximum Gasteiger partial charge on any atom is 0.190 e. The maximum atomic E-state index is 11.9. The molecule has 0 aliphatic carbocycles. The molecule has 6 nitrogen and oxygen atoms in total. The van der Waals surface area contributed by atoms with Gasteiger partial charge in [0.1, 0.15) is 10.7 Å². The van der Waals surface area contributed by atoms with Gasteiger partial charge in [0.25, 0.3) is 0 Å². The van der Waals surface area contributed by atoms with E-state index in [1.165, 1.54) is 0 Å². The van der Waals surface area contributed by atoms with Crippen LogP contribution in [0, 0.1) is 12.0 Å². The van der Waals surface area contributed by atoms with E-state index < -0.39 is 21.4 Å². The van der Waals surface area contributed by atoms with Gasteiger partial charge in [0.2, 0.25) is 0 Å². The zero-order valence-electron chi connectivity index (χ0n) is 15.4. The summed E-state index contributed by atoms with van der Waals surface area (Å²) in [5.41, 5.74) is 13.4. The predicted octanol–water partition coefficient (Wildman–Crippen LogP) is 2.37. The van der Waals surface area contributed by atoms with Crippen LogP contribution in [0.2, 0.25) is 0 Å². The molecule has 0 aromatic heterocycles. The summed E-state index contributed by atoms with van der Waals surface area (Å²) in [7, 11) is -2.59. The summed E-state index contributed by atoms with van der Waals surface area (Å²) in [4.78, 5) is 0. The van der Waals surface area contributed by atoms with E-state index in [2.05, 4.69) is 5.32 Å². The van der Waals surface area contributed by atoms with Gasteiger partial charge in [-0.2, -0.15) is 0 Å². The highest BCUT2D eigenvalue weighted by Gasteiger charge is 2.31. The van der Waals surface area contributed by atoms with Crippen LogP contribution >= 0.6 is 0 Å². The number of guanidine groups is 1. The summed E-state index contributed by atoms with van der Waals surface area (Å²) in [5.74, 6) is -0.158. The van der Waals surface area contributed by atoms with Gasteiger partial charge in [0.05, 0.1) is 5.25 Å². The second-order valence-corrected chi connectivity index (χ2v) is 8.17. The molecule has 0 saturated heterocycles. The highest BCUT2D eigenvalue weighted by atomic mass is 32.2. The molecule has 0 spiro atoms. The van der Waals surface area contributed by atoms with Crippen LogP contribution in [-0.4, -0.2) is 19.6 Å². The lowest BCUT2D eigenvalue weighted by Gasteiger charge is -2.31. The third-order valence-corrected chi connectivity index (χ3v) is 5.77. The molecule has 1 radical (unpaired) electrons. The van der Waals surface area contributed by atoms with Crippen molar-refractivity contribution in [2.24, 2.45) is 11.5 Å². The Kier molecular flexibility index (Phi) is 7.38. The van der Waals surface area contributed by atoms with Crippen molar-refractivity contribution in [3.05, 3.63) is 72.3 Å². The Bertz CT molecular complexity index is 831. The summed E-state index contributed by atoms with van der Waals surface area (Å²) in [6.45, 7) is 3.47. The molecule has 2 rings (SSSR count). The number of hydrogen-bond acceptors (Lipinski definition) is 4. The summed E-state index contributed by atoms with van der Waals surface area (Å²) in [5, 5.41) is 9.62.